The first kappa shape index (κ1) is 22.2. The average molecular weight is 472 g/mol. The monoisotopic (exact) mass is 470 g/mol. The molecule has 1 saturated heterocycles. The number of carbonyl (C=O) groups excluding carboxylic acids is 3. The molecule has 1 fully saturated rings. The summed E-state index contributed by atoms with van der Waals surface area (Å²) < 4.78 is 10.2. The van der Waals surface area contributed by atoms with E-state index in [1.54, 1.807) is 24.3 Å². The molecule has 30 heavy (non-hydrogen) atoms. The van der Waals surface area contributed by atoms with E-state index in [2.05, 4.69) is 5.32 Å². The zero-order valence-corrected chi connectivity index (χ0v) is 18.1. The van der Waals surface area contributed by atoms with E-state index < -0.39 is 24.4 Å². The van der Waals surface area contributed by atoms with Crippen LogP contribution in [0.15, 0.2) is 36.4 Å². The van der Waals surface area contributed by atoms with Gasteiger partial charge in [-0.1, -0.05) is 40.9 Å². The zero-order valence-electron chi connectivity index (χ0n) is 15.8. The van der Waals surface area contributed by atoms with Crippen molar-refractivity contribution < 1.29 is 23.9 Å². The molecule has 1 atom stereocenters. The van der Waals surface area contributed by atoms with Gasteiger partial charge in [0.2, 0.25) is 5.91 Å². The van der Waals surface area contributed by atoms with Crippen molar-refractivity contribution in [3.63, 3.8) is 0 Å². The van der Waals surface area contributed by atoms with Gasteiger partial charge in [0.05, 0.1) is 33.8 Å². The molecule has 7 nitrogen and oxygen atoms in total. The highest BCUT2D eigenvalue weighted by Crippen LogP contribution is 2.32. The number of nitrogens with zero attached hydrogens (tertiary/aromatic N) is 1. The Balaban J connectivity index is 1.55. The van der Waals surface area contributed by atoms with E-state index in [1.165, 1.54) is 24.1 Å². The largest absolute Gasteiger partial charge is 0.497 e. The van der Waals surface area contributed by atoms with Crippen molar-refractivity contribution in [2.75, 3.05) is 30.5 Å². The fourth-order valence-electron chi connectivity index (χ4n) is 2.95. The van der Waals surface area contributed by atoms with E-state index in [4.69, 9.17) is 44.3 Å². The van der Waals surface area contributed by atoms with Crippen LogP contribution < -0.4 is 15.0 Å². The number of methoxy groups -OCH3 is 1. The van der Waals surface area contributed by atoms with Gasteiger partial charge in [-0.05, 0) is 24.3 Å². The first-order chi connectivity index (χ1) is 14.3. The third kappa shape index (κ3) is 5.16. The van der Waals surface area contributed by atoms with Crippen molar-refractivity contribution in [1.82, 2.24) is 0 Å². The molecule has 0 bridgehead atoms. The van der Waals surface area contributed by atoms with E-state index in [1.807, 2.05) is 0 Å². The van der Waals surface area contributed by atoms with Crippen molar-refractivity contribution >= 4 is 64.0 Å². The summed E-state index contributed by atoms with van der Waals surface area (Å²) in [7, 11) is 1.53. The van der Waals surface area contributed by atoms with Crippen molar-refractivity contribution in [2.24, 2.45) is 5.92 Å². The quantitative estimate of drug-likeness (QED) is 0.504. The fraction of sp³-hybridized carbons (Fsp3) is 0.250. The molecule has 0 radical (unpaired) electrons. The smallest absolute Gasteiger partial charge is 0.311 e. The molecule has 2 aromatic rings. The molecule has 2 amide bonds. The molecular weight excluding hydrogens is 455 g/mol. The first-order valence-corrected chi connectivity index (χ1v) is 9.97. The van der Waals surface area contributed by atoms with Gasteiger partial charge in [-0.3, -0.25) is 14.4 Å². The van der Waals surface area contributed by atoms with E-state index in [0.717, 1.165) is 0 Å². The molecule has 1 aliphatic heterocycles. The van der Waals surface area contributed by atoms with Crippen LogP contribution in [0.1, 0.15) is 6.42 Å². The lowest BCUT2D eigenvalue weighted by molar-refractivity contribution is -0.151. The van der Waals surface area contributed by atoms with Crippen molar-refractivity contribution in [3.8, 4) is 5.75 Å². The highest BCUT2D eigenvalue weighted by Gasteiger charge is 2.36. The van der Waals surface area contributed by atoms with Gasteiger partial charge in [0, 0.05) is 24.7 Å². The minimum Gasteiger partial charge on any atom is -0.497 e. The molecule has 1 heterocycles. The van der Waals surface area contributed by atoms with Crippen LogP contribution in [0, 0.1) is 5.92 Å². The number of hydrogen-bond donors (Lipinski definition) is 1. The molecular formula is C20H17Cl3N2O5. The summed E-state index contributed by atoms with van der Waals surface area (Å²) in [6.07, 6.45) is -0.00369. The molecule has 1 aliphatic rings. The molecule has 0 aromatic heterocycles. The lowest BCUT2D eigenvalue weighted by Gasteiger charge is -2.17. The summed E-state index contributed by atoms with van der Waals surface area (Å²) in [5.74, 6) is -1.52. The second-order valence-electron chi connectivity index (χ2n) is 6.51. The standard InChI is InChI=1S/C20H17Cl3N2O5/c1-29-13-4-2-3-12(6-13)25-9-11(5-19(25)27)20(28)30-10-18(26)24-17-8-15(22)14(21)7-16(17)23/h2-4,6-8,11H,5,9-10H2,1H3,(H,24,26). The SMILES string of the molecule is COc1cccc(N2CC(C(=O)OCC(=O)Nc3cc(Cl)c(Cl)cc3Cl)CC2=O)c1. The number of ether oxygens (including phenoxy) is 2. The maximum Gasteiger partial charge on any atom is 0.311 e. The number of benzene rings is 2. The van der Waals surface area contributed by atoms with Gasteiger partial charge in [-0.15, -0.1) is 0 Å². The number of nitrogens with one attached hydrogen (secondary N) is 1. The van der Waals surface area contributed by atoms with Gasteiger partial charge in [-0.25, -0.2) is 0 Å². The number of esters is 1. The molecule has 1 N–H and O–H groups in total. The summed E-state index contributed by atoms with van der Waals surface area (Å²) >= 11 is 17.8. The first-order valence-electron chi connectivity index (χ1n) is 8.84. The van der Waals surface area contributed by atoms with Crippen LogP contribution in [0.2, 0.25) is 15.1 Å². The topological polar surface area (TPSA) is 84.9 Å². The third-order valence-electron chi connectivity index (χ3n) is 4.45. The maximum absolute atomic E-state index is 12.3. The van der Waals surface area contributed by atoms with Gasteiger partial charge in [-0.2, -0.15) is 0 Å². The Hall–Kier alpha value is -2.48. The van der Waals surface area contributed by atoms with Crippen LogP contribution >= 0.6 is 34.8 Å². The van der Waals surface area contributed by atoms with Crippen LogP contribution in [0.3, 0.4) is 0 Å². The van der Waals surface area contributed by atoms with Crippen molar-refractivity contribution in [3.05, 3.63) is 51.5 Å². The molecule has 2 aromatic carbocycles. The number of carbonyl (C=O) groups is 3. The van der Waals surface area contributed by atoms with Crippen molar-refractivity contribution in [1.29, 1.82) is 0 Å². The highest BCUT2D eigenvalue weighted by molar-refractivity contribution is 6.44. The Morgan fingerprint density at radius 2 is 1.87 bits per heavy atom. The highest BCUT2D eigenvalue weighted by atomic mass is 35.5. The molecule has 0 aliphatic carbocycles. The molecule has 0 spiro atoms. The number of amides is 2. The molecule has 3 rings (SSSR count). The Morgan fingerprint density at radius 1 is 1.13 bits per heavy atom. The molecule has 158 valence electrons. The number of anilines is 2. The van der Waals surface area contributed by atoms with E-state index in [-0.39, 0.29) is 39.6 Å². The number of rotatable bonds is 6. The van der Waals surface area contributed by atoms with Crippen LogP contribution in [-0.2, 0) is 19.1 Å². The maximum atomic E-state index is 12.3. The molecule has 0 saturated carbocycles. The lowest BCUT2D eigenvalue weighted by Crippen LogP contribution is -2.28. The predicted molar refractivity (Wildman–Crippen MR) is 115 cm³/mol. The van der Waals surface area contributed by atoms with E-state index in [0.29, 0.717) is 11.4 Å². The van der Waals surface area contributed by atoms with E-state index >= 15 is 0 Å². The van der Waals surface area contributed by atoms with Crippen LogP contribution in [-0.4, -0.2) is 38.0 Å². The Morgan fingerprint density at radius 3 is 2.60 bits per heavy atom. The normalized spacial score (nSPS) is 15.8. The predicted octanol–water partition coefficient (Wildman–Crippen LogP) is 4.19. The van der Waals surface area contributed by atoms with Gasteiger partial charge >= 0.3 is 5.97 Å². The van der Waals surface area contributed by atoms with Crippen molar-refractivity contribution in [2.45, 2.75) is 6.42 Å². The zero-order chi connectivity index (χ0) is 21.8. The molecule has 1 unspecified atom stereocenters. The van der Waals surface area contributed by atoms with Gasteiger partial charge in [0.1, 0.15) is 5.75 Å². The minimum absolute atomic E-state index is 0.00369. The van der Waals surface area contributed by atoms with E-state index in [9.17, 15) is 14.4 Å². The summed E-state index contributed by atoms with van der Waals surface area (Å²) in [5, 5.41) is 3.16. The Bertz CT molecular complexity index is 998. The van der Waals surface area contributed by atoms with Crippen LogP contribution in [0.25, 0.3) is 0 Å². The average Bonchev–Trinajstić information content (AvgIpc) is 3.12. The van der Waals surface area contributed by atoms with Gasteiger partial charge in [0.15, 0.2) is 6.61 Å². The van der Waals surface area contributed by atoms with Crippen LogP contribution in [0.4, 0.5) is 11.4 Å². The summed E-state index contributed by atoms with van der Waals surface area (Å²) in [6.45, 7) is -0.371. The minimum atomic E-state index is -0.676. The third-order valence-corrected chi connectivity index (χ3v) is 5.49. The number of halogens is 3. The Labute approximate surface area is 187 Å². The second-order valence-corrected chi connectivity index (χ2v) is 7.73. The summed E-state index contributed by atoms with van der Waals surface area (Å²) in [5.41, 5.74) is 0.869. The van der Waals surface area contributed by atoms with Gasteiger partial charge in [0.25, 0.3) is 5.91 Å². The summed E-state index contributed by atoms with van der Waals surface area (Å²) in [4.78, 5) is 38.2. The van der Waals surface area contributed by atoms with Gasteiger partial charge < -0.3 is 19.7 Å². The lowest BCUT2D eigenvalue weighted by atomic mass is 10.1. The Kier molecular flexibility index (Phi) is 7.07. The number of hydrogen-bond acceptors (Lipinski definition) is 5. The van der Waals surface area contributed by atoms with Crippen LogP contribution in [0.5, 0.6) is 5.75 Å². The second kappa shape index (κ2) is 9.55. The summed E-state index contributed by atoms with van der Waals surface area (Å²) in [6, 6.07) is 9.76. The molecule has 10 heteroatoms. The fourth-order valence-corrected chi connectivity index (χ4v) is 3.55.